The molecule has 0 unspecified atom stereocenters. The van der Waals surface area contributed by atoms with Crippen LogP contribution in [0.1, 0.15) is 55.0 Å². The van der Waals surface area contributed by atoms with Gasteiger partial charge >= 0.3 is 0 Å². The highest BCUT2D eigenvalue weighted by Gasteiger charge is 2.05. The summed E-state index contributed by atoms with van der Waals surface area (Å²) in [5.41, 5.74) is 7.59. The minimum atomic E-state index is 0.385. The van der Waals surface area contributed by atoms with Crippen molar-refractivity contribution in [1.29, 1.82) is 0 Å². The maximum absolute atomic E-state index is 9.26. The fourth-order valence-electron chi connectivity index (χ4n) is 3.30. The first kappa shape index (κ1) is 24.5. The van der Waals surface area contributed by atoms with Crippen LogP contribution < -0.4 is 0 Å². The first-order valence-electron chi connectivity index (χ1n) is 10.6. The maximum atomic E-state index is 9.26. The molecule has 1 N–H and O–H groups in total. The average Bonchev–Trinajstić information content (AvgIpc) is 2.77. The number of aromatic hydroxyl groups is 1. The van der Waals surface area contributed by atoms with Gasteiger partial charge in [0.05, 0.1) is 5.70 Å². The monoisotopic (exact) mass is 478 g/mol. The van der Waals surface area contributed by atoms with Gasteiger partial charge in [0, 0.05) is 28.1 Å². The number of pyridine rings is 1. The SMILES string of the molecule is C=C(N=C(C)c1cc(Br)ccc1C)c1cccnc1.CCCc1cc(O)ccc1CC. The highest BCUT2D eigenvalue weighted by molar-refractivity contribution is 9.10. The smallest absolute Gasteiger partial charge is 0.115 e. The van der Waals surface area contributed by atoms with Crippen molar-refractivity contribution in [2.24, 2.45) is 4.99 Å². The van der Waals surface area contributed by atoms with Gasteiger partial charge in [-0.25, -0.2) is 0 Å². The van der Waals surface area contributed by atoms with Crippen molar-refractivity contribution in [1.82, 2.24) is 4.98 Å². The molecule has 0 aliphatic carbocycles. The summed E-state index contributed by atoms with van der Waals surface area (Å²) in [4.78, 5) is 8.66. The van der Waals surface area contributed by atoms with Gasteiger partial charge in [-0.1, -0.05) is 54.9 Å². The van der Waals surface area contributed by atoms with Gasteiger partial charge in [0.25, 0.3) is 0 Å². The van der Waals surface area contributed by atoms with Crippen molar-refractivity contribution >= 4 is 27.3 Å². The van der Waals surface area contributed by atoms with Gasteiger partial charge in [-0.2, -0.15) is 0 Å². The molecular formula is C27H31BrN2O. The second-order valence-corrected chi connectivity index (χ2v) is 8.32. The summed E-state index contributed by atoms with van der Waals surface area (Å²) in [6.45, 7) is 12.4. The minimum absolute atomic E-state index is 0.385. The zero-order valence-electron chi connectivity index (χ0n) is 18.8. The number of hydrogen-bond donors (Lipinski definition) is 1. The Balaban J connectivity index is 0.000000245. The van der Waals surface area contributed by atoms with E-state index in [0.717, 1.165) is 46.3 Å². The van der Waals surface area contributed by atoms with Crippen molar-refractivity contribution < 1.29 is 5.11 Å². The predicted octanol–water partition coefficient (Wildman–Crippen LogP) is 7.54. The topological polar surface area (TPSA) is 45.5 Å². The van der Waals surface area contributed by atoms with Gasteiger partial charge in [0.15, 0.2) is 0 Å². The zero-order valence-corrected chi connectivity index (χ0v) is 20.4. The Labute approximate surface area is 194 Å². The summed E-state index contributed by atoms with van der Waals surface area (Å²) in [5.74, 6) is 0.385. The normalized spacial score (nSPS) is 10.9. The van der Waals surface area contributed by atoms with Crippen LogP contribution in [0.4, 0.5) is 0 Å². The Morgan fingerprint density at radius 3 is 2.52 bits per heavy atom. The first-order valence-corrected chi connectivity index (χ1v) is 11.4. The second-order valence-electron chi connectivity index (χ2n) is 7.40. The molecule has 1 aromatic heterocycles. The van der Waals surface area contributed by atoms with E-state index in [0.29, 0.717) is 5.75 Å². The van der Waals surface area contributed by atoms with E-state index in [-0.39, 0.29) is 0 Å². The quantitative estimate of drug-likeness (QED) is 0.371. The number of phenolic OH excluding ortho intramolecular Hbond substituents is 1. The standard InChI is InChI=1S/C16H15BrN2.C11H16O/c1-11-6-7-15(17)9-16(11)13(3)19-12(2)14-5-4-8-18-10-14;1-3-5-10-8-11(12)7-6-9(10)4-2/h4-10H,2H2,1,3H3;6-8,12H,3-5H2,1-2H3. The lowest BCUT2D eigenvalue weighted by molar-refractivity contribution is 0.474. The van der Waals surface area contributed by atoms with Crippen LogP contribution in [0.5, 0.6) is 5.75 Å². The lowest BCUT2D eigenvalue weighted by Crippen LogP contribution is -1.98. The number of aryl methyl sites for hydroxylation is 3. The molecule has 31 heavy (non-hydrogen) atoms. The fraction of sp³-hybridized carbons (Fsp3) is 0.259. The van der Waals surface area contributed by atoms with Crippen LogP contribution in [0, 0.1) is 6.92 Å². The van der Waals surface area contributed by atoms with Crippen LogP contribution in [-0.2, 0) is 12.8 Å². The molecule has 0 saturated carbocycles. The number of aliphatic imine (C=N–C) groups is 1. The molecule has 0 fully saturated rings. The minimum Gasteiger partial charge on any atom is -0.508 e. The summed E-state index contributed by atoms with van der Waals surface area (Å²) >= 11 is 3.49. The molecule has 2 aromatic carbocycles. The maximum Gasteiger partial charge on any atom is 0.115 e. The van der Waals surface area contributed by atoms with E-state index < -0.39 is 0 Å². The van der Waals surface area contributed by atoms with Crippen LogP contribution in [0.15, 0.2) is 77.0 Å². The number of nitrogens with zero attached hydrogens (tertiary/aromatic N) is 2. The fourth-order valence-corrected chi connectivity index (χ4v) is 3.67. The number of benzene rings is 2. The molecule has 1 heterocycles. The lowest BCUT2D eigenvalue weighted by Gasteiger charge is -2.07. The van der Waals surface area contributed by atoms with Crippen molar-refractivity contribution in [2.75, 3.05) is 0 Å². The van der Waals surface area contributed by atoms with E-state index in [9.17, 15) is 5.11 Å². The van der Waals surface area contributed by atoms with E-state index in [1.54, 1.807) is 18.5 Å². The van der Waals surface area contributed by atoms with E-state index in [1.165, 1.54) is 16.7 Å². The summed E-state index contributed by atoms with van der Waals surface area (Å²) in [6.07, 6.45) is 6.77. The molecular weight excluding hydrogens is 448 g/mol. The Morgan fingerprint density at radius 1 is 1.10 bits per heavy atom. The Bertz CT molecular complexity index is 1040. The van der Waals surface area contributed by atoms with Crippen molar-refractivity contribution in [3.63, 3.8) is 0 Å². The van der Waals surface area contributed by atoms with Crippen molar-refractivity contribution in [2.45, 2.75) is 47.0 Å². The highest BCUT2D eigenvalue weighted by atomic mass is 79.9. The van der Waals surface area contributed by atoms with E-state index >= 15 is 0 Å². The van der Waals surface area contributed by atoms with Crippen molar-refractivity contribution in [3.05, 3.63) is 99.8 Å². The van der Waals surface area contributed by atoms with Gasteiger partial charge in [0.1, 0.15) is 5.75 Å². The van der Waals surface area contributed by atoms with Crippen LogP contribution in [0.3, 0.4) is 0 Å². The molecule has 0 aliphatic heterocycles. The summed E-state index contributed by atoms with van der Waals surface area (Å²) < 4.78 is 1.05. The van der Waals surface area contributed by atoms with E-state index in [1.807, 2.05) is 37.3 Å². The Hall–Kier alpha value is -2.72. The van der Waals surface area contributed by atoms with Gasteiger partial charge in [-0.3, -0.25) is 9.98 Å². The lowest BCUT2D eigenvalue weighted by atomic mass is 10.0. The predicted molar refractivity (Wildman–Crippen MR) is 136 cm³/mol. The van der Waals surface area contributed by atoms with Crippen LogP contribution in [0.2, 0.25) is 0 Å². The summed E-state index contributed by atoms with van der Waals surface area (Å²) in [7, 11) is 0. The summed E-state index contributed by atoms with van der Waals surface area (Å²) in [6, 6.07) is 15.7. The number of phenols is 1. The summed E-state index contributed by atoms with van der Waals surface area (Å²) in [5, 5.41) is 9.26. The molecule has 0 amide bonds. The molecule has 3 aromatic rings. The Morgan fingerprint density at radius 2 is 1.87 bits per heavy atom. The van der Waals surface area contributed by atoms with Gasteiger partial charge in [-0.15, -0.1) is 0 Å². The molecule has 3 nitrogen and oxygen atoms in total. The zero-order chi connectivity index (χ0) is 22.8. The molecule has 0 spiro atoms. The van der Waals surface area contributed by atoms with Gasteiger partial charge in [0.2, 0.25) is 0 Å². The highest BCUT2D eigenvalue weighted by Crippen LogP contribution is 2.20. The number of aromatic nitrogens is 1. The Kier molecular flexibility index (Phi) is 9.67. The molecule has 3 rings (SSSR count). The average molecular weight is 479 g/mol. The molecule has 0 saturated heterocycles. The third-order valence-electron chi connectivity index (χ3n) is 4.98. The third kappa shape index (κ3) is 7.48. The molecule has 0 atom stereocenters. The number of halogens is 1. The van der Waals surface area contributed by atoms with Crippen LogP contribution >= 0.6 is 15.9 Å². The van der Waals surface area contributed by atoms with E-state index in [4.69, 9.17) is 0 Å². The van der Waals surface area contributed by atoms with Crippen LogP contribution in [0.25, 0.3) is 5.70 Å². The molecule has 162 valence electrons. The number of hydrogen-bond acceptors (Lipinski definition) is 3. The second kappa shape index (κ2) is 12.2. The first-order chi connectivity index (χ1) is 14.8. The van der Waals surface area contributed by atoms with E-state index in [2.05, 4.69) is 65.4 Å². The third-order valence-corrected chi connectivity index (χ3v) is 5.47. The van der Waals surface area contributed by atoms with Crippen molar-refractivity contribution in [3.8, 4) is 5.75 Å². The molecule has 0 bridgehead atoms. The number of rotatable bonds is 6. The molecule has 0 radical (unpaired) electrons. The van der Waals surface area contributed by atoms with Gasteiger partial charge < -0.3 is 5.11 Å². The largest absolute Gasteiger partial charge is 0.508 e. The molecule has 4 heteroatoms. The van der Waals surface area contributed by atoms with Gasteiger partial charge in [-0.05, 0) is 85.3 Å². The van der Waals surface area contributed by atoms with Crippen LogP contribution in [-0.4, -0.2) is 15.8 Å². The molecule has 0 aliphatic rings.